The Hall–Kier alpha value is -6.20. The smallest absolute Gasteiger partial charge is 0.156 e. The summed E-state index contributed by atoms with van der Waals surface area (Å²) in [5.41, 5.74) is 9.03. The molecule has 0 unspecified atom stereocenters. The Bertz CT molecular complexity index is 2710. The van der Waals surface area contributed by atoms with E-state index < -0.39 is 0 Å². The first-order valence-corrected chi connectivity index (χ1v) is 16.5. The Labute approximate surface area is 308 Å². The van der Waals surface area contributed by atoms with Gasteiger partial charge in [0.05, 0.1) is 22.6 Å². The summed E-state index contributed by atoms with van der Waals surface area (Å²) >= 11 is 0. The van der Waals surface area contributed by atoms with Crippen molar-refractivity contribution < 1.29 is 24.5 Å². The quantitative estimate of drug-likeness (QED) is 0.166. The van der Waals surface area contributed by atoms with Crippen molar-refractivity contribution >= 4 is 43.9 Å². The van der Waals surface area contributed by atoms with Crippen LogP contribution in [0.4, 0.5) is 0 Å². The molecule has 0 saturated heterocycles. The van der Waals surface area contributed by atoms with Crippen LogP contribution in [0.25, 0.3) is 83.5 Å². The fourth-order valence-corrected chi connectivity index (χ4v) is 6.43. The van der Waals surface area contributed by atoms with E-state index in [1.165, 1.54) is 0 Å². The maximum atomic E-state index is 6.63. The number of hydrogen-bond donors (Lipinski definition) is 0. The van der Waals surface area contributed by atoms with E-state index in [0.717, 1.165) is 83.5 Å². The second kappa shape index (κ2) is 14.0. The third kappa shape index (κ3) is 6.01. The number of furan rings is 1. The number of nitrogens with zero attached hydrogens (tertiary/aromatic N) is 4. The fourth-order valence-electron chi connectivity index (χ4n) is 6.43. The Kier molecular flexibility index (Phi) is 8.77. The van der Waals surface area contributed by atoms with Gasteiger partial charge in [0.1, 0.15) is 5.58 Å². The molecular formula is C45H28IrN4O-2. The third-order valence-electron chi connectivity index (χ3n) is 8.79. The molecule has 0 atom stereocenters. The van der Waals surface area contributed by atoms with Crippen molar-refractivity contribution in [2.75, 3.05) is 0 Å². The van der Waals surface area contributed by atoms with Crippen molar-refractivity contribution in [1.29, 1.82) is 0 Å². The van der Waals surface area contributed by atoms with Crippen LogP contribution in [0.5, 0.6) is 0 Å². The largest absolute Gasteiger partial charge is 0.500 e. The summed E-state index contributed by atoms with van der Waals surface area (Å²) in [6, 6.07) is 61.4. The molecule has 0 amide bonds. The van der Waals surface area contributed by atoms with Gasteiger partial charge in [-0.05, 0) is 41.4 Å². The molecule has 0 N–H and O–H groups in total. The Morgan fingerprint density at radius 2 is 1.29 bits per heavy atom. The van der Waals surface area contributed by atoms with Gasteiger partial charge in [0, 0.05) is 48.3 Å². The molecule has 0 spiro atoms. The summed E-state index contributed by atoms with van der Waals surface area (Å²) in [6.45, 7) is 0. The summed E-state index contributed by atoms with van der Waals surface area (Å²) in [5.74, 6) is 0.748. The van der Waals surface area contributed by atoms with Crippen molar-refractivity contribution in [3.8, 4) is 39.6 Å². The van der Waals surface area contributed by atoms with E-state index in [2.05, 4.69) is 82.3 Å². The molecule has 0 aliphatic carbocycles. The maximum absolute atomic E-state index is 6.63. The van der Waals surface area contributed by atoms with E-state index in [4.69, 9.17) is 14.4 Å². The maximum Gasteiger partial charge on any atom is 0.156 e. The molecule has 4 heterocycles. The summed E-state index contributed by atoms with van der Waals surface area (Å²) in [4.78, 5) is 14.4. The molecule has 245 valence electrons. The number of para-hydroxylation sites is 1. The standard InChI is InChI=1S/C34H20N3O.C11H8N.Ir/c1-3-11-23(12-4-1)29-20-21-30-34(35-29)37(24-13-5-2-6-14-24)33(36-30)28-17-9-16-26-27-19-18-22-10-7-8-15-25(22)31(27)38-32(26)28;1-2-6-10(7-3-1)11-8-4-5-9-12-11;/h1-16,18-21H;1-6,8-9H;/q2*-1;. The predicted octanol–water partition coefficient (Wildman–Crippen LogP) is 11.2. The molecule has 4 aromatic heterocycles. The van der Waals surface area contributed by atoms with Crippen molar-refractivity contribution in [2.24, 2.45) is 0 Å². The monoisotopic (exact) mass is 833 g/mol. The van der Waals surface area contributed by atoms with Crippen molar-refractivity contribution in [3.05, 3.63) is 182 Å². The zero-order valence-corrected chi connectivity index (χ0v) is 29.6. The summed E-state index contributed by atoms with van der Waals surface area (Å²) in [6.07, 6.45) is 1.79. The first-order valence-electron chi connectivity index (χ1n) is 16.5. The second-order valence-corrected chi connectivity index (χ2v) is 11.9. The van der Waals surface area contributed by atoms with E-state index in [1.807, 2.05) is 103 Å². The van der Waals surface area contributed by atoms with Gasteiger partial charge in [-0.1, -0.05) is 108 Å². The van der Waals surface area contributed by atoms with Crippen LogP contribution in [0.1, 0.15) is 0 Å². The van der Waals surface area contributed by atoms with E-state index >= 15 is 0 Å². The predicted molar refractivity (Wildman–Crippen MR) is 202 cm³/mol. The minimum Gasteiger partial charge on any atom is -0.500 e. The first-order chi connectivity index (χ1) is 24.8. The van der Waals surface area contributed by atoms with Crippen LogP contribution >= 0.6 is 0 Å². The van der Waals surface area contributed by atoms with E-state index in [0.29, 0.717) is 0 Å². The molecular weight excluding hydrogens is 805 g/mol. The zero-order chi connectivity index (χ0) is 33.3. The Balaban J connectivity index is 0.000000245. The van der Waals surface area contributed by atoms with E-state index in [-0.39, 0.29) is 20.1 Å². The molecule has 6 heteroatoms. The van der Waals surface area contributed by atoms with Gasteiger partial charge in [-0.2, -0.15) is 0 Å². The van der Waals surface area contributed by atoms with Crippen LogP contribution in [0, 0.1) is 12.1 Å². The summed E-state index contributed by atoms with van der Waals surface area (Å²) in [5, 5.41) is 4.38. The third-order valence-corrected chi connectivity index (χ3v) is 8.79. The molecule has 0 aliphatic rings. The Morgan fingerprint density at radius 1 is 0.529 bits per heavy atom. The van der Waals surface area contributed by atoms with E-state index in [9.17, 15) is 0 Å². The van der Waals surface area contributed by atoms with Crippen LogP contribution in [-0.2, 0) is 20.1 Å². The SMILES string of the molecule is [Ir].[c-]1ccc2c(oc3c4ccccc4ccc23)c1-c1nc2ccc(-c3ccccc3)nc2n1-c1ccccc1.[c-]1ccccc1-c1ccccn1. The van der Waals surface area contributed by atoms with Gasteiger partial charge >= 0.3 is 0 Å². The average Bonchev–Trinajstić information content (AvgIpc) is 3.78. The topological polar surface area (TPSA) is 56.7 Å². The van der Waals surface area contributed by atoms with Crippen LogP contribution in [-0.4, -0.2) is 19.5 Å². The number of pyridine rings is 2. The van der Waals surface area contributed by atoms with E-state index in [1.54, 1.807) is 6.20 Å². The average molecular weight is 833 g/mol. The number of fused-ring (bicyclic) bond motifs is 6. The molecule has 1 radical (unpaired) electrons. The number of hydrogen-bond acceptors (Lipinski definition) is 4. The van der Waals surface area contributed by atoms with Gasteiger partial charge in [0.15, 0.2) is 5.65 Å². The van der Waals surface area contributed by atoms with Crippen molar-refractivity contribution in [1.82, 2.24) is 19.5 Å². The van der Waals surface area contributed by atoms with Crippen LogP contribution < -0.4 is 0 Å². The molecule has 10 rings (SSSR count). The number of aromatic nitrogens is 4. The minimum absolute atomic E-state index is 0. The molecule has 6 aromatic carbocycles. The van der Waals surface area contributed by atoms with Crippen molar-refractivity contribution in [2.45, 2.75) is 0 Å². The van der Waals surface area contributed by atoms with Crippen LogP contribution in [0.15, 0.2) is 174 Å². The molecule has 0 fully saturated rings. The molecule has 5 nitrogen and oxygen atoms in total. The number of imidazole rings is 1. The molecule has 10 aromatic rings. The second-order valence-electron chi connectivity index (χ2n) is 11.9. The van der Waals surface area contributed by atoms with Gasteiger partial charge in [-0.3, -0.25) is 4.98 Å². The minimum atomic E-state index is 0. The van der Waals surface area contributed by atoms with Gasteiger partial charge in [-0.15, -0.1) is 54.1 Å². The van der Waals surface area contributed by atoms with Gasteiger partial charge in [0.25, 0.3) is 0 Å². The molecule has 0 saturated carbocycles. The molecule has 51 heavy (non-hydrogen) atoms. The molecule has 0 aliphatic heterocycles. The first kappa shape index (κ1) is 32.0. The fraction of sp³-hybridized carbons (Fsp3) is 0. The number of rotatable bonds is 4. The zero-order valence-electron chi connectivity index (χ0n) is 27.2. The van der Waals surface area contributed by atoms with Crippen LogP contribution in [0.2, 0.25) is 0 Å². The van der Waals surface area contributed by atoms with Gasteiger partial charge in [0.2, 0.25) is 0 Å². The normalized spacial score (nSPS) is 11.0. The molecule has 0 bridgehead atoms. The van der Waals surface area contributed by atoms with Gasteiger partial charge < -0.3 is 14.0 Å². The number of benzene rings is 6. The summed E-state index contributed by atoms with van der Waals surface area (Å²) in [7, 11) is 0. The summed E-state index contributed by atoms with van der Waals surface area (Å²) < 4.78 is 8.74. The van der Waals surface area contributed by atoms with Crippen molar-refractivity contribution in [3.63, 3.8) is 0 Å². The Morgan fingerprint density at radius 3 is 2.10 bits per heavy atom. The van der Waals surface area contributed by atoms with Crippen LogP contribution in [0.3, 0.4) is 0 Å². The van der Waals surface area contributed by atoms with Gasteiger partial charge in [-0.25, -0.2) is 4.98 Å².